The fourth-order valence-corrected chi connectivity index (χ4v) is 1.76. The SMILES string of the molecule is CC1OC1CCc1ccccc1Cl. The number of hydrogen-bond donors (Lipinski definition) is 0. The number of rotatable bonds is 3. The molecule has 0 spiro atoms. The van der Waals surface area contributed by atoms with Gasteiger partial charge in [0.15, 0.2) is 0 Å². The van der Waals surface area contributed by atoms with Gasteiger partial charge in [0.25, 0.3) is 0 Å². The molecule has 0 bridgehead atoms. The fourth-order valence-electron chi connectivity index (χ4n) is 1.53. The molecule has 2 atom stereocenters. The summed E-state index contributed by atoms with van der Waals surface area (Å²) in [4.78, 5) is 0. The van der Waals surface area contributed by atoms with E-state index in [1.165, 1.54) is 5.56 Å². The highest BCUT2D eigenvalue weighted by Gasteiger charge is 2.33. The normalized spacial score (nSPS) is 26.0. The van der Waals surface area contributed by atoms with Crippen LogP contribution < -0.4 is 0 Å². The Bertz CT molecular complexity index is 298. The highest BCUT2D eigenvalue weighted by atomic mass is 35.5. The van der Waals surface area contributed by atoms with Crippen LogP contribution in [-0.2, 0) is 11.2 Å². The number of hydrogen-bond acceptors (Lipinski definition) is 1. The van der Waals surface area contributed by atoms with Gasteiger partial charge in [-0.05, 0) is 31.4 Å². The quantitative estimate of drug-likeness (QED) is 0.677. The zero-order valence-corrected chi connectivity index (χ0v) is 8.42. The molecule has 1 aromatic carbocycles. The minimum atomic E-state index is 0.461. The molecule has 0 aromatic heterocycles. The number of aryl methyl sites for hydroxylation is 1. The van der Waals surface area contributed by atoms with Gasteiger partial charge < -0.3 is 4.74 Å². The van der Waals surface area contributed by atoms with E-state index < -0.39 is 0 Å². The molecule has 0 radical (unpaired) electrons. The second-order valence-electron chi connectivity index (χ2n) is 3.51. The van der Waals surface area contributed by atoms with E-state index in [2.05, 4.69) is 13.0 Å². The van der Waals surface area contributed by atoms with Crippen LogP contribution in [0.5, 0.6) is 0 Å². The molecule has 13 heavy (non-hydrogen) atoms. The number of ether oxygens (including phenoxy) is 1. The van der Waals surface area contributed by atoms with Gasteiger partial charge in [0.1, 0.15) is 0 Å². The Morgan fingerprint density at radius 1 is 1.38 bits per heavy atom. The van der Waals surface area contributed by atoms with E-state index in [0.717, 1.165) is 17.9 Å². The van der Waals surface area contributed by atoms with E-state index in [1.807, 2.05) is 18.2 Å². The lowest BCUT2D eigenvalue weighted by molar-refractivity contribution is 0.370. The van der Waals surface area contributed by atoms with E-state index in [0.29, 0.717) is 12.2 Å². The Balaban J connectivity index is 1.90. The second-order valence-corrected chi connectivity index (χ2v) is 3.92. The molecule has 1 heterocycles. The van der Waals surface area contributed by atoms with Gasteiger partial charge in [-0.1, -0.05) is 29.8 Å². The fraction of sp³-hybridized carbons (Fsp3) is 0.455. The smallest absolute Gasteiger partial charge is 0.0842 e. The van der Waals surface area contributed by atoms with Crippen molar-refractivity contribution in [2.45, 2.75) is 32.0 Å². The molecule has 1 saturated heterocycles. The van der Waals surface area contributed by atoms with Gasteiger partial charge in [-0.15, -0.1) is 0 Å². The van der Waals surface area contributed by atoms with Crippen LogP contribution in [0.2, 0.25) is 5.02 Å². The Morgan fingerprint density at radius 2 is 2.08 bits per heavy atom. The van der Waals surface area contributed by atoms with E-state index in [9.17, 15) is 0 Å². The summed E-state index contributed by atoms with van der Waals surface area (Å²) in [5.41, 5.74) is 1.23. The molecule has 1 nitrogen and oxygen atoms in total. The van der Waals surface area contributed by atoms with Crippen molar-refractivity contribution in [1.82, 2.24) is 0 Å². The third-order valence-corrected chi connectivity index (χ3v) is 2.86. The van der Waals surface area contributed by atoms with Gasteiger partial charge in [-0.2, -0.15) is 0 Å². The Labute approximate surface area is 83.7 Å². The molecule has 1 aliphatic rings. The van der Waals surface area contributed by atoms with Crippen molar-refractivity contribution in [3.05, 3.63) is 34.9 Å². The molecule has 1 aliphatic heterocycles. The first kappa shape index (κ1) is 9.04. The highest BCUT2D eigenvalue weighted by Crippen LogP contribution is 2.27. The third-order valence-electron chi connectivity index (χ3n) is 2.49. The molecular formula is C11H13ClO. The topological polar surface area (TPSA) is 12.5 Å². The van der Waals surface area contributed by atoms with Crippen LogP contribution in [0, 0.1) is 0 Å². The highest BCUT2D eigenvalue weighted by molar-refractivity contribution is 6.31. The molecule has 1 fully saturated rings. The second kappa shape index (κ2) is 3.69. The van der Waals surface area contributed by atoms with Gasteiger partial charge in [0.05, 0.1) is 12.2 Å². The van der Waals surface area contributed by atoms with Crippen LogP contribution >= 0.6 is 11.6 Å². The Kier molecular flexibility index (Phi) is 2.56. The summed E-state index contributed by atoms with van der Waals surface area (Å²) in [5, 5.41) is 0.871. The average Bonchev–Trinajstić information content (AvgIpc) is 2.81. The molecule has 2 heteroatoms. The van der Waals surface area contributed by atoms with Crippen molar-refractivity contribution in [2.75, 3.05) is 0 Å². The van der Waals surface area contributed by atoms with Crippen molar-refractivity contribution < 1.29 is 4.74 Å². The zero-order chi connectivity index (χ0) is 9.26. The van der Waals surface area contributed by atoms with Gasteiger partial charge >= 0.3 is 0 Å². The van der Waals surface area contributed by atoms with Gasteiger partial charge in [-0.3, -0.25) is 0 Å². The summed E-state index contributed by atoms with van der Waals surface area (Å²) in [6.45, 7) is 2.11. The number of halogens is 1. The van der Waals surface area contributed by atoms with E-state index in [1.54, 1.807) is 0 Å². The molecule has 0 saturated carbocycles. The summed E-state index contributed by atoms with van der Waals surface area (Å²) in [7, 11) is 0. The van der Waals surface area contributed by atoms with Gasteiger partial charge in [-0.25, -0.2) is 0 Å². The van der Waals surface area contributed by atoms with Crippen LogP contribution in [0.1, 0.15) is 18.9 Å². The standard InChI is InChI=1S/C11H13ClO/c1-8-11(13-8)7-6-9-4-2-3-5-10(9)12/h2-5,8,11H,6-7H2,1H3. The maximum Gasteiger partial charge on any atom is 0.0842 e. The lowest BCUT2D eigenvalue weighted by Gasteiger charge is -2.01. The largest absolute Gasteiger partial charge is 0.370 e. The molecule has 0 amide bonds. The van der Waals surface area contributed by atoms with E-state index >= 15 is 0 Å². The average molecular weight is 197 g/mol. The van der Waals surface area contributed by atoms with Gasteiger partial charge in [0, 0.05) is 5.02 Å². The Hall–Kier alpha value is -0.530. The molecule has 0 N–H and O–H groups in total. The summed E-state index contributed by atoms with van der Waals surface area (Å²) >= 11 is 6.02. The monoisotopic (exact) mass is 196 g/mol. The van der Waals surface area contributed by atoms with Crippen molar-refractivity contribution in [3.63, 3.8) is 0 Å². The predicted molar refractivity (Wildman–Crippen MR) is 54.1 cm³/mol. The van der Waals surface area contributed by atoms with Crippen LogP contribution in [0.4, 0.5) is 0 Å². The lowest BCUT2D eigenvalue weighted by atomic mass is 10.1. The van der Waals surface area contributed by atoms with Crippen molar-refractivity contribution >= 4 is 11.6 Å². The van der Waals surface area contributed by atoms with Crippen LogP contribution in [-0.4, -0.2) is 12.2 Å². The van der Waals surface area contributed by atoms with E-state index in [-0.39, 0.29) is 0 Å². The molecule has 70 valence electrons. The lowest BCUT2D eigenvalue weighted by Crippen LogP contribution is -1.94. The predicted octanol–water partition coefficient (Wildman–Crippen LogP) is 3.06. The molecule has 2 rings (SSSR count). The van der Waals surface area contributed by atoms with Crippen LogP contribution in [0.15, 0.2) is 24.3 Å². The first-order chi connectivity index (χ1) is 6.27. The van der Waals surface area contributed by atoms with Crippen LogP contribution in [0.25, 0.3) is 0 Å². The minimum absolute atomic E-state index is 0.461. The zero-order valence-electron chi connectivity index (χ0n) is 7.66. The first-order valence-corrected chi connectivity index (χ1v) is 5.04. The summed E-state index contributed by atoms with van der Waals surface area (Å²) < 4.78 is 5.34. The van der Waals surface area contributed by atoms with Crippen molar-refractivity contribution in [2.24, 2.45) is 0 Å². The van der Waals surface area contributed by atoms with Crippen molar-refractivity contribution in [3.8, 4) is 0 Å². The molecular weight excluding hydrogens is 184 g/mol. The summed E-state index contributed by atoms with van der Waals surface area (Å²) in [6, 6.07) is 8.00. The first-order valence-electron chi connectivity index (χ1n) is 4.66. The summed E-state index contributed by atoms with van der Waals surface area (Å²) in [6.07, 6.45) is 3.04. The number of benzene rings is 1. The van der Waals surface area contributed by atoms with Crippen LogP contribution in [0.3, 0.4) is 0 Å². The maximum atomic E-state index is 6.02. The summed E-state index contributed by atoms with van der Waals surface area (Å²) in [5.74, 6) is 0. The number of epoxide rings is 1. The molecule has 1 aromatic rings. The Morgan fingerprint density at radius 3 is 2.69 bits per heavy atom. The van der Waals surface area contributed by atoms with E-state index in [4.69, 9.17) is 16.3 Å². The van der Waals surface area contributed by atoms with Gasteiger partial charge in [0.2, 0.25) is 0 Å². The maximum absolute atomic E-state index is 6.02. The molecule has 0 aliphatic carbocycles. The molecule has 2 unspecified atom stereocenters. The van der Waals surface area contributed by atoms with Crippen molar-refractivity contribution in [1.29, 1.82) is 0 Å². The minimum Gasteiger partial charge on any atom is -0.370 e. The third kappa shape index (κ3) is 2.23.